The zero-order valence-corrected chi connectivity index (χ0v) is 12.9. The van der Waals surface area contributed by atoms with E-state index >= 15 is 0 Å². The number of nitriles is 1. The van der Waals surface area contributed by atoms with E-state index in [0.29, 0.717) is 12.2 Å². The van der Waals surface area contributed by atoms with E-state index in [2.05, 4.69) is 32.6 Å². The maximum atomic E-state index is 8.98. The number of hydrogen-bond donors (Lipinski definition) is 0. The topological polar surface area (TPSA) is 38.0 Å². The van der Waals surface area contributed by atoms with Gasteiger partial charge in [-0.05, 0) is 47.9 Å². The van der Waals surface area contributed by atoms with E-state index in [1.54, 1.807) is 0 Å². The van der Waals surface area contributed by atoms with Crippen LogP contribution in [-0.2, 0) is 6.54 Å². The van der Waals surface area contributed by atoms with Crippen LogP contribution in [0.3, 0.4) is 0 Å². The highest BCUT2D eigenvalue weighted by molar-refractivity contribution is 9.10. The van der Waals surface area contributed by atoms with Crippen molar-refractivity contribution in [3.8, 4) is 11.8 Å². The van der Waals surface area contributed by atoms with Crippen LogP contribution in [0.2, 0.25) is 0 Å². The minimum atomic E-state index is 0.586. The normalized spacial score (nSPS) is 10.5. The molecule has 2 aromatic carbocycles. The molecule has 0 amide bonds. The lowest BCUT2D eigenvalue weighted by atomic mass is 10.2. The van der Waals surface area contributed by atoms with E-state index in [4.69, 9.17) is 10.00 Å². The van der Waals surface area contributed by atoms with Crippen LogP contribution < -0.4 is 4.74 Å². The van der Waals surface area contributed by atoms with Gasteiger partial charge in [0.05, 0.1) is 18.2 Å². The van der Waals surface area contributed by atoms with Crippen LogP contribution in [0, 0.1) is 11.3 Å². The molecule has 0 N–H and O–H groups in total. The first-order valence-corrected chi connectivity index (χ1v) is 7.43. The number of nitrogens with zero attached hydrogens (tertiary/aromatic N) is 2. The third-order valence-electron chi connectivity index (χ3n) is 3.32. The zero-order valence-electron chi connectivity index (χ0n) is 11.3. The van der Waals surface area contributed by atoms with Gasteiger partial charge in [0.15, 0.2) is 0 Å². The highest BCUT2D eigenvalue weighted by atomic mass is 79.9. The van der Waals surface area contributed by atoms with Gasteiger partial charge in [0.2, 0.25) is 0 Å². The Balaban J connectivity index is 1.70. The predicted molar refractivity (Wildman–Crippen MR) is 86.3 cm³/mol. The second kappa shape index (κ2) is 6.02. The third kappa shape index (κ3) is 3.09. The Morgan fingerprint density at radius 2 is 1.90 bits per heavy atom. The molecule has 3 nitrogen and oxygen atoms in total. The molecule has 4 heteroatoms. The number of benzene rings is 2. The molecule has 0 spiro atoms. The minimum absolute atomic E-state index is 0.586. The lowest BCUT2D eigenvalue weighted by Gasteiger charge is -2.08. The molecule has 104 valence electrons. The quantitative estimate of drug-likeness (QED) is 0.707. The van der Waals surface area contributed by atoms with Gasteiger partial charge < -0.3 is 9.30 Å². The summed E-state index contributed by atoms with van der Waals surface area (Å²) < 4.78 is 8.88. The first-order valence-electron chi connectivity index (χ1n) is 6.63. The molecule has 0 aliphatic carbocycles. The van der Waals surface area contributed by atoms with E-state index in [1.807, 2.05) is 48.7 Å². The van der Waals surface area contributed by atoms with E-state index in [-0.39, 0.29) is 0 Å². The van der Waals surface area contributed by atoms with E-state index < -0.39 is 0 Å². The predicted octanol–water partition coefficient (Wildman–Crippen LogP) is 4.35. The van der Waals surface area contributed by atoms with Crippen LogP contribution >= 0.6 is 15.9 Å². The molecule has 0 aliphatic heterocycles. The maximum absolute atomic E-state index is 8.98. The Morgan fingerprint density at radius 3 is 2.67 bits per heavy atom. The molecule has 0 saturated heterocycles. The van der Waals surface area contributed by atoms with Gasteiger partial charge in [-0.3, -0.25) is 0 Å². The van der Waals surface area contributed by atoms with Crippen LogP contribution in [-0.4, -0.2) is 11.2 Å². The lowest BCUT2D eigenvalue weighted by Crippen LogP contribution is -2.07. The monoisotopic (exact) mass is 340 g/mol. The molecular formula is C17H13BrN2O. The fourth-order valence-corrected chi connectivity index (χ4v) is 2.51. The SMILES string of the molecule is N#Cc1ccc2ccn(CCOc3ccc(Br)cc3)c2c1. The van der Waals surface area contributed by atoms with Gasteiger partial charge >= 0.3 is 0 Å². The number of ether oxygens (including phenoxy) is 1. The Morgan fingerprint density at radius 1 is 1.10 bits per heavy atom. The van der Waals surface area contributed by atoms with Crippen molar-refractivity contribution in [1.29, 1.82) is 5.26 Å². The van der Waals surface area contributed by atoms with Crippen LogP contribution in [0.25, 0.3) is 10.9 Å². The summed E-state index contributed by atoms with van der Waals surface area (Å²) in [4.78, 5) is 0. The summed E-state index contributed by atoms with van der Waals surface area (Å²) in [7, 11) is 0. The Bertz CT molecular complexity index is 800. The second-order valence-electron chi connectivity index (χ2n) is 4.70. The Labute approximate surface area is 131 Å². The van der Waals surface area contributed by atoms with Crippen LogP contribution in [0.5, 0.6) is 5.75 Å². The molecule has 0 atom stereocenters. The summed E-state index contributed by atoms with van der Waals surface area (Å²) in [5, 5.41) is 10.1. The molecule has 0 radical (unpaired) electrons. The van der Waals surface area contributed by atoms with Crippen molar-refractivity contribution in [2.24, 2.45) is 0 Å². The third-order valence-corrected chi connectivity index (χ3v) is 3.85. The van der Waals surface area contributed by atoms with Crippen LogP contribution in [0.4, 0.5) is 0 Å². The van der Waals surface area contributed by atoms with E-state index in [0.717, 1.165) is 27.7 Å². The summed E-state index contributed by atoms with van der Waals surface area (Å²) in [6, 6.07) is 17.7. The average Bonchev–Trinajstić information content (AvgIpc) is 2.91. The molecule has 3 rings (SSSR count). The van der Waals surface area contributed by atoms with Gasteiger partial charge in [0, 0.05) is 16.2 Å². The van der Waals surface area contributed by atoms with Gasteiger partial charge in [-0.1, -0.05) is 22.0 Å². The second-order valence-corrected chi connectivity index (χ2v) is 5.61. The van der Waals surface area contributed by atoms with Gasteiger partial charge in [-0.2, -0.15) is 5.26 Å². The molecule has 0 bridgehead atoms. The molecule has 3 aromatic rings. The fourth-order valence-electron chi connectivity index (χ4n) is 2.24. The summed E-state index contributed by atoms with van der Waals surface area (Å²) in [6.07, 6.45) is 2.02. The number of halogens is 1. The molecule has 21 heavy (non-hydrogen) atoms. The van der Waals surface area contributed by atoms with E-state index in [9.17, 15) is 0 Å². The van der Waals surface area contributed by atoms with Crippen molar-refractivity contribution < 1.29 is 4.74 Å². The fraction of sp³-hybridized carbons (Fsp3) is 0.118. The highest BCUT2D eigenvalue weighted by Crippen LogP contribution is 2.18. The largest absolute Gasteiger partial charge is 0.492 e. The minimum Gasteiger partial charge on any atom is -0.492 e. The number of aromatic nitrogens is 1. The smallest absolute Gasteiger partial charge is 0.119 e. The van der Waals surface area contributed by atoms with Crippen LogP contribution in [0.15, 0.2) is 59.2 Å². The highest BCUT2D eigenvalue weighted by Gasteiger charge is 2.02. The molecule has 0 unspecified atom stereocenters. The lowest BCUT2D eigenvalue weighted by molar-refractivity contribution is 0.300. The maximum Gasteiger partial charge on any atom is 0.119 e. The Kier molecular flexibility index (Phi) is 3.94. The van der Waals surface area contributed by atoms with Crippen molar-refractivity contribution in [1.82, 2.24) is 4.57 Å². The molecule has 0 saturated carbocycles. The first kappa shape index (κ1) is 13.7. The number of hydrogen-bond acceptors (Lipinski definition) is 2. The van der Waals surface area contributed by atoms with Crippen molar-refractivity contribution in [3.05, 3.63) is 64.8 Å². The van der Waals surface area contributed by atoms with Gasteiger partial charge in [-0.25, -0.2) is 0 Å². The summed E-state index contributed by atoms with van der Waals surface area (Å²) in [5.41, 5.74) is 1.74. The molecule has 0 aliphatic rings. The number of fused-ring (bicyclic) bond motifs is 1. The summed E-state index contributed by atoms with van der Waals surface area (Å²) in [6.45, 7) is 1.33. The first-order chi connectivity index (χ1) is 10.3. The summed E-state index contributed by atoms with van der Waals surface area (Å²) >= 11 is 3.40. The van der Waals surface area contributed by atoms with Crippen molar-refractivity contribution >= 4 is 26.8 Å². The Hall–Kier alpha value is -2.25. The van der Waals surface area contributed by atoms with Crippen molar-refractivity contribution in [2.45, 2.75) is 6.54 Å². The van der Waals surface area contributed by atoms with Crippen molar-refractivity contribution in [2.75, 3.05) is 6.61 Å². The van der Waals surface area contributed by atoms with Gasteiger partial charge in [-0.15, -0.1) is 0 Å². The summed E-state index contributed by atoms with van der Waals surface area (Å²) in [5.74, 6) is 0.854. The molecule has 1 aromatic heterocycles. The number of rotatable bonds is 4. The van der Waals surface area contributed by atoms with Gasteiger partial charge in [0.1, 0.15) is 12.4 Å². The molecule has 0 fully saturated rings. The van der Waals surface area contributed by atoms with Crippen molar-refractivity contribution in [3.63, 3.8) is 0 Å². The molecular weight excluding hydrogens is 328 g/mol. The standard InChI is InChI=1S/C17H13BrN2O/c18-15-3-5-16(6-4-15)21-10-9-20-8-7-14-2-1-13(12-19)11-17(14)20/h1-8,11H,9-10H2. The van der Waals surface area contributed by atoms with E-state index in [1.165, 1.54) is 0 Å². The average molecular weight is 341 g/mol. The molecule has 1 heterocycles. The zero-order chi connectivity index (χ0) is 14.7. The van der Waals surface area contributed by atoms with Crippen LogP contribution in [0.1, 0.15) is 5.56 Å². The van der Waals surface area contributed by atoms with Gasteiger partial charge in [0.25, 0.3) is 0 Å².